The summed E-state index contributed by atoms with van der Waals surface area (Å²) in [6.07, 6.45) is 0.805. The van der Waals surface area contributed by atoms with Crippen molar-refractivity contribution in [3.8, 4) is 11.5 Å². The van der Waals surface area contributed by atoms with E-state index in [0.29, 0.717) is 34.3 Å². The van der Waals surface area contributed by atoms with Crippen molar-refractivity contribution in [2.24, 2.45) is 0 Å². The summed E-state index contributed by atoms with van der Waals surface area (Å²) < 4.78 is 25.8. The van der Waals surface area contributed by atoms with Gasteiger partial charge in [0.15, 0.2) is 16.6 Å². The van der Waals surface area contributed by atoms with Gasteiger partial charge in [-0.05, 0) is 73.0 Å². The third-order valence-electron chi connectivity index (χ3n) is 6.27. The Balaban J connectivity index is 1.71. The number of ketones is 1. The third kappa shape index (κ3) is 4.50. The van der Waals surface area contributed by atoms with E-state index in [1.807, 2.05) is 32.0 Å². The second kappa shape index (κ2) is 10.3. The minimum absolute atomic E-state index is 0.124. The van der Waals surface area contributed by atoms with Gasteiger partial charge in [0.2, 0.25) is 0 Å². The predicted molar refractivity (Wildman–Crippen MR) is 144 cm³/mol. The Labute approximate surface area is 222 Å². The standard InChI is InChI=1S/C29H25FN2O5S/c1-4-13-37-21-12-8-18(15-22(21)36-3)25-24(26(33)17-6-9-19(30)10-7-17)27(34)28(35)32(25)29-31-20-11-5-16(2)14-23(20)38-29/h5-12,14-15,25,33H,4,13H2,1-3H3/b26-24+. The zero-order valence-corrected chi connectivity index (χ0v) is 21.8. The molecule has 3 aromatic carbocycles. The number of amides is 1. The molecule has 0 aliphatic carbocycles. The number of anilines is 1. The number of aliphatic hydroxyl groups is 1. The lowest BCUT2D eigenvalue weighted by Gasteiger charge is -2.24. The number of rotatable bonds is 7. The number of thiazole rings is 1. The number of Topliss-reactive ketones (excluding diaryl/α,β-unsaturated/α-hetero) is 1. The zero-order chi connectivity index (χ0) is 27.0. The molecule has 1 aromatic heterocycles. The summed E-state index contributed by atoms with van der Waals surface area (Å²) in [5, 5.41) is 11.6. The monoisotopic (exact) mass is 532 g/mol. The molecule has 1 N–H and O–H groups in total. The first kappa shape index (κ1) is 25.4. The van der Waals surface area contributed by atoms with Crippen LogP contribution in [0.2, 0.25) is 0 Å². The molecule has 1 aliphatic rings. The normalized spacial score (nSPS) is 16.8. The molecule has 4 aromatic rings. The molecule has 194 valence electrons. The van der Waals surface area contributed by atoms with Crippen molar-refractivity contribution >= 4 is 44.1 Å². The number of hydrogen-bond acceptors (Lipinski definition) is 7. The fourth-order valence-electron chi connectivity index (χ4n) is 4.42. The van der Waals surface area contributed by atoms with Crippen LogP contribution in [0.4, 0.5) is 9.52 Å². The Kier molecular flexibility index (Phi) is 6.86. The van der Waals surface area contributed by atoms with Crippen LogP contribution in [0.3, 0.4) is 0 Å². The smallest absolute Gasteiger partial charge is 0.301 e. The lowest BCUT2D eigenvalue weighted by molar-refractivity contribution is -0.132. The maximum absolute atomic E-state index is 13.6. The van der Waals surface area contributed by atoms with E-state index in [2.05, 4.69) is 4.98 Å². The molecule has 2 heterocycles. The van der Waals surface area contributed by atoms with Gasteiger partial charge in [-0.1, -0.05) is 30.4 Å². The summed E-state index contributed by atoms with van der Waals surface area (Å²) in [6, 6.07) is 14.9. The number of fused-ring (bicyclic) bond motifs is 1. The summed E-state index contributed by atoms with van der Waals surface area (Å²) in [5.74, 6) is -1.64. The Morgan fingerprint density at radius 1 is 1.08 bits per heavy atom. The van der Waals surface area contributed by atoms with Gasteiger partial charge < -0.3 is 14.6 Å². The number of aromatic nitrogens is 1. The molecule has 38 heavy (non-hydrogen) atoms. The van der Waals surface area contributed by atoms with Crippen LogP contribution in [0.5, 0.6) is 11.5 Å². The first-order chi connectivity index (χ1) is 18.3. The Morgan fingerprint density at radius 3 is 2.55 bits per heavy atom. The number of methoxy groups -OCH3 is 1. The zero-order valence-electron chi connectivity index (χ0n) is 21.0. The highest BCUT2D eigenvalue weighted by Gasteiger charge is 2.48. The van der Waals surface area contributed by atoms with Crippen molar-refractivity contribution in [1.29, 1.82) is 0 Å². The van der Waals surface area contributed by atoms with Crippen LogP contribution in [0, 0.1) is 12.7 Å². The van der Waals surface area contributed by atoms with Gasteiger partial charge in [-0.3, -0.25) is 14.5 Å². The van der Waals surface area contributed by atoms with E-state index in [0.717, 1.165) is 16.7 Å². The first-order valence-electron chi connectivity index (χ1n) is 12.1. The van der Waals surface area contributed by atoms with Crippen molar-refractivity contribution in [2.45, 2.75) is 26.3 Å². The molecule has 1 amide bonds. The highest BCUT2D eigenvalue weighted by atomic mass is 32.1. The number of hydrogen-bond donors (Lipinski definition) is 1. The van der Waals surface area contributed by atoms with E-state index >= 15 is 0 Å². The molecule has 1 aliphatic heterocycles. The number of aliphatic hydroxyl groups excluding tert-OH is 1. The van der Waals surface area contributed by atoms with Crippen LogP contribution in [0.25, 0.3) is 16.0 Å². The SMILES string of the molecule is CCCOc1ccc(C2/C(=C(\O)c3ccc(F)cc3)C(=O)C(=O)N2c2nc3ccc(C)cc3s2)cc1OC. The largest absolute Gasteiger partial charge is 0.507 e. The molecule has 7 nitrogen and oxygen atoms in total. The van der Waals surface area contributed by atoms with Crippen LogP contribution >= 0.6 is 11.3 Å². The molecular weight excluding hydrogens is 507 g/mol. The van der Waals surface area contributed by atoms with Crippen LogP contribution in [0.15, 0.2) is 66.2 Å². The van der Waals surface area contributed by atoms with Crippen LogP contribution in [-0.2, 0) is 9.59 Å². The summed E-state index contributed by atoms with van der Waals surface area (Å²) in [7, 11) is 1.50. The highest BCUT2D eigenvalue weighted by Crippen LogP contribution is 2.46. The van der Waals surface area contributed by atoms with E-state index in [9.17, 15) is 19.1 Å². The van der Waals surface area contributed by atoms with Gasteiger partial charge in [-0.2, -0.15) is 0 Å². The van der Waals surface area contributed by atoms with Gasteiger partial charge in [0.25, 0.3) is 5.78 Å². The van der Waals surface area contributed by atoms with Gasteiger partial charge in [-0.15, -0.1) is 0 Å². The van der Waals surface area contributed by atoms with E-state index in [4.69, 9.17) is 9.47 Å². The van der Waals surface area contributed by atoms with Crippen molar-refractivity contribution < 1.29 is 28.6 Å². The van der Waals surface area contributed by atoms with Crippen LogP contribution in [0.1, 0.15) is 36.1 Å². The molecule has 0 spiro atoms. The van der Waals surface area contributed by atoms with Gasteiger partial charge in [0.05, 0.1) is 35.5 Å². The van der Waals surface area contributed by atoms with Gasteiger partial charge in [0.1, 0.15) is 11.6 Å². The van der Waals surface area contributed by atoms with Crippen molar-refractivity contribution in [3.05, 3.63) is 88.7 Å². The molecule has 1 atom stereocenters. The maximum atomic E-state index is 13.6. The Bertz CT molecular complexity index is 1580. The second-order valence-electron chi connectivity index (χ2n) is 8.90. The maximum Gasteiger partial charge on any atom is 0.301 e. The molecule has 0 bridgehead atoms. The Hall–Kier alpha value is -4.24. The molecular formula is C29H25FN2O5S. The highest BCUT2D eigenvalue weighted by molar-refractivity contribution is 7.22. The predicted octanol–water partition coefficient (Wildman–Crippen LogP) is 6.17. The molecule has 0 radical (unpaired) electrons. The molecule has 9 heteroatoms. The van der Waals surface area contributed by atoms with Crippen LogP contribution < -0.4 is 14.4 Å². The van der Waals surface area contributed by atoms with Gasteiger partial charge in [0, 0.05) is 5.56 Å². The van der Waals surface area contributed by atoms with Crippen LogP contribution in [-0.4, -0.2) is 35.5 Å². The second-order valence-corrected chi connectivity index (χ2v) is 9.91. The topological polar surface area (TPSA) is 89.0 Å². The molecule has 5 rings (SSSR count). The fourth-order valence-corrected chi connectivity index (χ4v) is 5.51. The lowest BCUT2D eigenvalue weighted by atomic mass is 9.95. The number of ether oxygens (including phenoxy) is 2. The summed E-state index contributed by atoms with van der Waals surface area (Å²) >= 11 is 1.28. The van der Waals surface area contributed by atoms with E-state index in [1.165, 1.54) is 47.6 Å². The number of benzene rings is 3. The minimum atomic E-state index is -1.00. The number of nitrogens with zero attached hydrogens (tertiary/aromatic N) is 2. The quantitative estimate of drug-likeness (QED) is 0.174. The molecule has 1 saturated heterocycles. The lowest BCUT2D eigenvalue weighted by Crippen LogP contribution is -2.29. The van der Waals surface area contributed by atoms with E-state index in [1.54, 1.807) is 18.2 Å². The molecule has 1 unspecified atom stereocenters. The van der Waals surface area contributed by atoms with E-state index < -0.39 is 29.3 Å². The van der Waals surface area contributed by atoms with Crippen molar-refractivity contribution in [2.75, 3.05) is 18.6 Å². The first-order valence-corrected chi connectivity index (χ1v) is 12.9. The fraction of sp³-hybridized carbons (Fsp3) is 0.207. The average molecular weight is 533 g/mol. The molecule has 1 fully saturated rings. The summed E-state index contributed by atoms with van der Waals surface area (Å²) in [6.45, 7) is 4.44. The molecule has 0 saturated carbocycles. The number of aryl methyl sites for hydroxylation is 1. The summed E-state index contributed by atoms with van der Waals surface area (Å²) in [5.41, 5.74) is 2.33. The Morgan fingerprint density at radius 2 is 1.84 bits per heavy atom. The number of halogens is 1. The minimum Gasteiger partial charge on any atom is -0.507 e. The third-order valence-corrected chi connectivity index (χ3v) is 7.28. The number of carbonyl (C=O) groups is 2. The van der Waals surface area contributed by atoms with Gasteiger partial charge >= 0.3 is 5.91 Å². The van der Waals surface area contributed by atoms with E-state index in [-0.39, 0.29) is 11.1 Å². The average Bonchev–Trinajstić information content (AvgIpc) is 3.44. The number of carbonyl (C=O) groups excluding carboxylic acids is 2. The summed E-state index contributed by atoms with van der Waals surface area (Å²) in [4.78, 5) is 32.8. The van der Waals surface area contributed by atoms with Crippen molar-refractivity contribution in [3.63, 3.8) is 0 Å². The van der Waals surface area contributed by atoms with Crippen molar-refractivity contribution in [1.82, 2.24) is 4.98 Å². The van der Waals surface area contributed by atoms with Gasteiger partial charge in [-0.25, -0.2) is 9.37 Å².